The van der Waals surface area contributed by atoms with Crippen molar-refractivity contribution >= 4 is 12.6 Å². The lowest BCUT2D eigenvalue weighted by molar-refractivity contribution is 0.269. The van der Waals surface area contributed by atoms with E-state index in [1.54, 1.807) is 12.1 Å². The highest BCUT2D eigenvalue weighted by Crippen LogP contribution is 2.20. The molecule has 0 radical (unpaired) electrons. The molecule has 0 atom stereocenters. The molecule has 0 aliphatic carbocycles. The van der Waals surface area contributed by atoms with Crippen LogP contribution in [-0.2, 0) is 0 Å². The van der Waals surface area contributed by atoms with Gasteiger partial charge in [0.15, 0.2) is 0 Å². The molecule has 1 aromatic carbocycles. The van der Waals surface area contributed by atoms with Crippen LogP contribution in [-0.4, -0.2) is 23.8 Å². The number of hydrogen-bond donors (Lipinski definition) is 2. The van der Waals surface area contributed by atoms with Gasteiger partial charge in [0.2, 0.25) is 0 Å². The van der Waals surface area contributed by atoms with Crippen molar-refractivity contribution in [3.63, 3.8) is 0 Å². The number of hydrogen-bond acceptors (Lipinski definition) is 3. The zero-order valence-corrected chi connectivity index (χ0v) is 10.3. The highest BCUT2D eigenvalue weighted by molar-refractivity contribution is 6.59. The van der Waals surface area contributed by atoms with Gasteiger partial charge in [0.1, 0.15) is 5.75 Å². The standard InChI is InChI=1S/C12H19BO3/c1-8(2)7-16-12-6-5-11(13(14)15)9(3)10(12)4/h5-6,8,14-15H,7H2,1-4H3. The second kappa shape index (κ2) is 5.37. The zero-order chi connectivity index (χ0) is 12.3. The maximum atomic E-state index is 9.15. The minimum atomic E-state index is -1.42. The SMILES string of the molecule is Cc1c(OCC(C)C)ccc(B(O)O)c1C. The van der Waals surface area contributed by atoms with Gasteiger partial charge in [-0.3, -0.25) is 0 Å². The van der Waals surface area contributed by atoms with Crippen molar-refractivity contribution in [2.75, 3.05) is 6.61 Å². The molecule has 0 bridgehead atoms. The summed E-state index contributed by atoms with van der Waals surface area (Å²) in [6.07, 6.45) is 0. The maximum Gasteiger partial charge on any atom is 0.488 e. The summed E-state index contributed by atoms with van der Waals surface area (Å²) in [6, 6.07) is 3.49. The molecule has 0 aliphatic rings. The Morgan fingerprint density at radius 3 is 2.31 bits per heavy atom. The van der Waals surface area contributed by atoms with E-state index < -0.39 is 7.12 Å². The Hall–Kier alpha value is -0.995. The first-order valence-electron chi connectivity index (χ1n) is 5.52. The van der Waals surface area contributed by atoms with Crippen molar-refractivity contribution in [2.24, 2.45) is 5.92 Å². The summed E-state index contributed by atoms with van der Waals surface area (Å²) in [7, 11) is -1.42. The Balaban J connectivity index is 2.93. The third-order valence-corrected chi connectivity index (χ3v) is 2.63. The molecule has 0 heterocycles. The van der Waals surface area contributed by atoms with Crippen LogP contribution in [0.1, 0.15) is 25.0 Å². The van der Waals surface area contributed by atoms with Crippen LogP contribution in [0.4, 0.5) is 0 Å². The van der Waals surface area contributed by atoms with Crippen molar-refractivity contribution in [3.05, 3.63) is 23.3 Å². The molecule has 16 heavy (non-hydrogen) atoms. The lowest BCUT2D eigenvalue weighted by atomic mass is 9.76. The second-order valence-corrected chi connectivity index (χ2v) is 4.48. The Morgan fingerprint density at radius 2 is 1.81 bits per heavy atom. The number of benzene rings is 1. The normalized spacial score (nSPS) is 10.7. The van der Waals surface area contributed by atoms with Crippen LogP contribution < -0.4 is 10.2 Å². The van der Waals surface area contributed by atoms with Gasteiger partial charge < -0.3 is 14.8 Å². The molecule has 1 aromatic rings. The lowest BCUT2D eigenvalue weighted by Crippen LogP contribution is -2.32. The van der Waals surface area contributed by atoms with Gasteiger partial charge in [-0.15, -0.1) is 0 Å². The predicted octanol–water partition coefficient (Wildman–Crippen LogP) is 1.02. The smallest absolute Gasteiger partial charge is 0.488 e. The summed E-state index contributed by atoms with van der Waals surface area (Å²) in [5.41, 5.74) is 2.37. The minimum Gasteiger partial charge on any atom is -0.493 e. The number of ether oxygens (including phenoxy) is 1. The van der Waals surface area contributed by atoms with Crippen molar-refractivity contribution in [1.29, 1.82) is 0 Å². The monoisotopic (exact) mass is 222 g/mol. The molecule has 88 valence electrons. The summed E-state index contributed by atoms with van der Waals surface area (Å²) in [5, 5.41) is 18.3. The summed E-state index contributed by atoms with van der Waals surface area (Å²) in [4.78, 5) is 0. The van der Waals surface area contributed by atoms with Gasteiger partial charge >= 0.3 is 7.12 Å². The van der Waals surface area contributed by atoms with E-state index in [1.807, 2.05) is 13.8 Å². The fraction of sp³-hybridized carbons (Fsp3) is 0.500. The van der Waals surface area contributed by atoms with E-state index in [-0.39, 0.29) is 0 Å². The molecule has 0 aliphatic heterocycles. The molecule has 4 heteroatoms. The lowest BCUT2D eigenvalue weighted by Gasteiger charge is -2.15. The van der Waals surface area contributed by atoms with Crippen LogP contribution in [0.25, 0.3) is 0 Å². The van der Waals surface area contributed by atoms with Gasteiger partial charge in [-0.05, 0) is 42.4 Å². The van der Waals surface area contributed by atoms with Crippen LogP contribution in [0.2, 0.25) is 0 Å². The first kappa shape index (κ1) is 13.1. The molecule has 0 unspecified atom stereocenters. The maximum absolute atomic E-state index is 9.15. The van der Waals surface area contributed by atoms with E-state index in [0.29, 0.717) is 18.0 Å². The fourth-order valence-electron chi connectivity index (χ4n) is 1.51. The van der Waals surface area contributed by atoms with E-state index in [9.17, 15) is 0 Å². The summed E-state index contributed by atoms with van der Waals surface area (Å²) in [5.74, 6) is 1.29. The van der Waals surface area contributed by atoms with Gasteiger partial charge in [-0.25, -0.2) is 0 Å². The van der Waals surface area contributed by atoms with E-state index in [2.05, 4.69) is 13.8 Å². The first-order valence-corrected chi connectivity index (χ1v) is 5.52. The van der Waals surface area contributed by atoms with Gasteiger partial charge in [0.25, 0.3) is 0 Å². The zero-order valence-electron chi connectivity index (χ0n) is 10.3. The molecule has 0 amide bonds. The van der Waals surface area contributed by atoms with Crippen molar-refractivity contribution in [1.82, 2.24) is 0 Å². The Labute approximate surface area is 97.2 Å². The minimum absolute atomic E-state index is 0.475. The van der Waals surface area contributed by atoms with Gasteiger partial charge in [-0.2, -0.15) is 0 Å². The average Bonchev–Trinajstić information content (AvgIpc) is 2.19. The summed E-state index contributed by atoms with van der Waals surface area (Å²) >= 11 is 0. The van der Waals surface area contributed by atoms with E-state index in [4.69, 9.17) is 14.8 Å². The van der Waals surface area contributed by atoms with Crippen molar-refractivity contribution < 1.29 is 14.8 Å². The molecule has 1 rings (SSSR count). The van der Waals surface area contributed by atoms with Gasteiger partial charge in [0, 0.05) is 0 Å². The van der Waals surface area contributed by atoms with Crippen LogP contribution in [0.15, 0.2) is 12.1 Å². The van der Waals surface area contributed by atoms with Crippen LogP contribution in [0.5, 0.6) is 5.75 Å². The Kier molecular flexibility index (Phi) is 4.39. The highest BCUT2D eigenvalue weighted by atomic mass is 16.5. The molecule has 2 N–H and O–H groups in total. The summed E-state index contributed by atoms with van der Waals surface area (Å²) < 4.78 is 5.65. The Morgan fingerprint density at radius 1 is 1.19 bits per heavy atom. The molecule has 0 saturated heterocycles. The molecule has 3 nitrogen and oxygen atoms in total. The molecule has 0 spiro atoms. The predicted molar refractivity (Wildman–Crippen MR) is 66.1 cm³/mol. The Bertz CT molecular complexity index is 362. The van der Waals surface area contributed by atoms with Gasteiger partial charge in [-0.1, -0.05) is 19.9 Å². The number of rotatable bonds is 4. The van der Waals surface area contributed by atoms with Crippen molar-refractivity contribution in [3.8, 4) is 5.75 Å². The van der Waals surface area contributed by atoms with Gasteiger partial charge in [0.05, 0.1) is 6.61 Å². The summed E-state index contributed by atoms with van der Waals surface area (Å²) in [6.45, 7) is 8.65. The molecule has 0 fully saturated rings. The largest absolute Gasteiger partial charge is 0.493 e. The van der Waals surface area contributed by atoms with Crippen LogP contribution in [0.3, 0.4) is 0 Å². The third kappa shape index (κ3) is 3.00. The van der Waals surface area contributed by atoms with Crippen LogP contribution >= 0.6 is 0 Å². The molecule has 0 saturated carbocycles. The topological polar surface area (TPSA) is 49.7 Å². The fourth-order valence-corrected chi connectivity index (χ4v) is 1.51. The van der Waals surface area contributed by atoms with E-state index in [1.165, 1.54) is 0 Å². The van der Waals surface area contributed by atoms with E-state index >= 15 is 0 Å². The molecular weight excluding hydrogens is 203 g/mol. The third-order valence-electron chi connectivity index (χ3n) is 2.63. The average molecular weight is 222 g/mol. The van der Waals surface area contributed by atoms with E-state index in [0.717, 1.165) is 16.9 Å². The van der Waals surface area contributed by atoms with Crippen molar-refractivity contribution in [2.45, 2.75) is 27.7 Å². The molecule has 0 aromatic heterocycles. The quantitative estimate of drug-likeness (QED) is 0.747. The van der Waals surface area contributed by atoms with Crippen LogP contribution in [0, 0.1) is 19.8 Å². The second-order valence-electron chi connectivity index (χ2n) is 4.48. The first-order chi connectivity index (χ1) is 7.43. The highest BCUT2D eigenvalue weighted by Gasteiger charge is 2.16. The molecular formula is C12H19BO3.